The van der Waals surface area contributed by atoms with Gasteiger partial charge in [-0.1, -0.05) is 26.7 Å². The SMILES string of the molecule is CCC(C)OC(C)CCCCCC(=O)C(C)(O)CC. The molecule has 114 valence electrons. The van der Waals surface area contributed by atoms with Gasteiger partial charge in [0.1, 0.15) is 5.60 Å². The first-order chi connectivity index (χ1) is 8.83. The maximum absolute atomic E-state index is 11.7. The Kier molecular flexibility index (Phi) is 9.28. The average Bonchev–Trinajstić information content (AvgIpc) is 2.37. The molecular formula is C16H32O3. The van der Waals surface area contributed by atoms with Gasteiger partial charge in [-0.2, -0.15) is 0 Å². The van der Waals surface area contributed by atoms with Gasteiger partial charge in [-0.25, -0.2) is 0 Å². The molecule has 3 nitrogen and oxygen atoms in total. The normalized spacial score (nSPS) is 17.8. The summed E-state index contributed by atoms with van der Waals surface area (Å²) in [7, 11) is 0. The summed E-state index contributed by atoms with van der Waals surface area (Å²) in [6.45, 7) is 9.78. The molecule has 0 heterocycles. The molecule has 0 aromatic rings. The number of hydrogen-bond donors (Lipinski definition) is 1. The van der Waals surface area contributed by atoms with Crippen LogP contribution in [0.2, 0.25) is 0 Å². The second-order valence-electron chi connectivity index (χ2n) is 5.82. The molecule has 19 heavy (non-hydrogen) atoms. The molecule has 0 bridgehead atoms. The monoisotopic (exact) mass is 272 g/mol. The number of ether oxygens (including phenoxy) is 1. The zero-order valence-corrected chi connectivity index (χ0v) is 13.4. The summed E-state index contributed by atoms with van der Waals surface area (Å²) in [5, 5.41) is 9.79. The summed E-state index contributed by atoms with van der Waals surface area (Å²) >= 11 is 0. The third-order valence-electron chi connectivity index (χ3n) is 3.84. The number of carbonyl (C=O) groups excluding carboxylic acids is 1. The first-order valence-electron chi connectivity index (χ1n) is 7.74. The number of carbonyl (C=O) groups is 1. The predicted octanol–water partition coefficient (Wildman–Crippen LogP) is 3.87. The second-order valence-corrected chi connectivity index (χ2v) is 5.82. The maximum atomic E-state index is 11.7. The van der Waals surface area contributed by atoms with Crippen molar-refractivity contribution < 1.29 is 14.6 Å². The van der Waals surface area contributed by atoms with E-state index in [-0.39, 0.29) is 5.78 Å². The van der Waals surface area contributed by atoms with Crippen LogP contribution in [0.1, 0.15) is 79.6 Å². The van der Waals surface area contributed by atoms with Crippen LogP contribution in [0.5, 0.6) is 0 Å². The molecule has 0 aliphatic rings. The molecule has 0 saturated carbocycles. The van der Waals surface area contributed by atoms with E-state index in [1.807, 2.05) is 6.92 Å². The minimum atomic E-state index is -1.13. The molecular weight excluding hydrogens is 240 g/mol. The Bertz CT molecular complexity index is 248. The third-order valence-corrected chi connectivity index (χ3v) is 3.84. The van der Waals surface area contributed by atoms with Gasteiger partial charge < -0.3 is 9.84 Å². The van der Waals surface area contributed by atoms with Crippen LogP contribution in [0.3, 0.4) is 0 Å². The van der Waals surface area contributed by atoms with Crippen molar-refractivity contribution in [2.75, 3.05) is 0 Å². The van der Waals surface area contributed by atoms with Crippen LogP contribution >= 0.6 is 0 Å². The van der Waals surface area contributed by atoms with Gasteiger partial charge in [0.05, 0.1) is 12.2 Å². The number of unbranched alkanes of at least 4 members (excludes halogenated alkanes) is 2. The van der Waals surface area contributed by atoms with E-state index < -0.39 is 5.60 Å². The van der Waals surface area contributed by atoms with Gasteiger partial charge in [0.25, 0.3) is 0 Å². The molecule has 0 rings (SSSR count). The van der Waals surface area contributed by atoms with E-state index in [0.29, 0.717) is 25.0 Å². The Balaban J connectivity index is 3.63. The molecule has 3 heteroatoms. The lowest BCUT2D eigenvalue weighted by Gasteiger charge is -2.19. The summed E-state index contributed by atoms with van der Waals surface area (Å²) in [4.78, 5) is 11.7. The number of rotatable bonds is 11. The van der Waals surface area contributed by atoms with E-state index in [0.717, 1.165) is 32.1 Å². The van der Waals surface area contributed by atoms with E-state index in [9.17, 15) is 9.90 Å². The Labute approximate surface area is 118 Å². The van der Waals surface area contributed by atoms with Crippen molar-refractivity contribution in [3.8, 4) is 0 Å². The molecule has 0 amide bonds. The Hall–Kier alpha value is -0.410. The molecule has 0 aromatic carbocycles. The zero-order valence-electron chi connectivity index (χ0n) is 13.4. The molecule has 3 atom stereocenters. The lowest BCUT2D eigenvalue weighted by atomic mass is 9.93. The highest BCUT2D eigenvalue weighted by Crippen LogP contribution is 2.16. The molecule has 0 aromatic heterocycles. The molecule has 0 saturated heterocycles. The van der Waals surface area contributed by atoms with E-state index >= 15 is 0 Å². The van der Waals surface area contributed by atoms with Crippen LogP contribution in [-0.4, -0.2) is 28.7 Å². The number of aliphatic hydroxyl groups is 1. The number of Topliss-reactive ketones (excluding diaryl/α,β-unsaturated/α-hetero) is 1. The van der Waals surface area contributed by atoms with Gasteiger partial charge in [-0.05, 0) is 46.5 Å². The highest BCUT2D eigenvalue weighted by Gasteiger charge is 2.26. The number of hydrogen-bond acceptors (Lipinski definition) is 3. The summed E-state index contributed by atoms with van der Waals surface area (Å²) in [5.74, 6) is -0.0288. The van der Waals surface area contributed by atoms with E-state index in [1.165, 1.54) is 0 Å². The van der Waals surface area contributed by atoms with Crippen molar-refractivity contribution in [3.63, 3.8) is 0 Å². The minimum absolute atomic E-state index is 0.0288. The predicted molar refractivity (Wildman–Crippen MR) is 79.3 cm³/mol. The van der Waals surface area contributed by atoms with Crippen LogP contribution < -0.4 is 0 Å². The van der Waals surface area contributed by atoms with Crippen molar-refractivity contribution in [1.82, 2.24) is 0 Å². The van der Waals surface area contributed by atoms with E-state index in [4.69, 9.17) is 4.74 Å². The molecule has 0 fully saturated rings. The van der Waals surface area contributed by atoms with Gasteiger partial charge >= 0.3 is 0 Å². The summed E-state index contributed by atoms with van der Waals surface area (Å²) < 4.78 is 5.79. The van der Waals surface area contributed by atoms with E-state index in [2.05, 4.69) is 20.8 Å². The lowest BCUT2D eigenvalue weighted by Crippen LogP contribution is -2.33. The maximum Gasteiger partial charge on any atom is 0.164 e. The van der Waals surface area contributed by atoms with Crippen LogP contribution in [0.15, 0.2) is 0 Å². The molecule has 0 spiro atoms. The van der Waals surface area contributed by atoms with Gasteiger partial charge in [0.15, 0.2) is 5.78 Å². The fourth-order valence-electron chi connectivity index (χ4n) is 1.92. The van der Waals surface area contributed by atoms with Crippen LogP contribution in [0.4, 0.5) is 0 Å². The molecule has 0 aliphatic carbocycles. The van der Waals surface area contributed by atoms with Gasteiger partial charge in [0, 0.05) is 6.42 Å². The Morgan fingerprint density at radius 2 is 1.79 bits per heavy atom. The van der Waals surface area contributed by atoms with Crippen LogP contribution in [0, 0.1) is 0 Å². The largest absolute Gasteiger partial charge is 0.382 e. The molecule has 0 radical (unpaired) electrons. The first-order valence-corrected chi connectivity index (χ1v) is 7.74. The van der Waals surface area contributed by atoms with Gasteiger partial charge in [-0.15, -0.1) is 0 Å². The second kappa shape index (κ2) is 9.49. The van der Waals surface area contributed by atoms with Crippen LogP contribution in [0.25, 0.3) is 0 Å². The zero-order chi connectivity index (χ0) is 14.9. The fourth-order valence-corrected chi connectivity index (χ4v) is 1.92. The standard InChI is InChI=1S/C16H32O3/c1-6-13(3)19-14(4)11-9-8-10-12-15(17)16(5,18)7-2/h13-14,18H,6-12H2,1-5H3. The summed E-state index contributed by atoms with van der Waals surface area (Å²) in [6, 6.07) is 0. The third kappa shape index (κ3) is 8.38. The smallest absolute Gasteiger partial charge is 0.164 e. The molecule has 0 aliphatic heterocycles. The van der Waals surface area contributed by atoms with Crippen molar-refractivity contribution in [3.05, 3.63) is 0 Å². The van der Waals surface area contributed by atoms with Crippen molar-refractivity contribution in [2.24, 2.45) is 0 Å². The quantitative estimate of drug-likeness (QED) is 0.581. The first kappa shape index (κ1) is 18.6. The molecule has 3 unspecified atom stereocenters. The molecule has 1 N–H and O–H groups in total. The number of ketones is 1. The van der Waals surface area contributed by atoms with Crippen LogP contribution in [-0.2, 0) is 9.53 Å². The Morgan fingerprint density at radius 3 is 2.32 bits per heavy atom. The van der Waals surface area contributed by atoms with Gasteiger partial charge in [0.2, 0.25) is 0 Å². The van der Waals surface area contributed by atoms with Gasteiger partial charge in [-0.3, -0.25) is 4.79 Å². The minimum Gasteiger partial charge on any atom is -0.382 e. The topological polar surface area (TPSA) is 46.5 Å². The lowest BCUT2D eigenvalue weighted by molar-refractivity contribution is -0.136. The van der Waals surface area contributed by atoms with E-state index in [1.54, 1.807) is 6.92 Å². The van der Waals surface area contributed by atoms with Crippen molar-refractivity contribution >= 4 is 5.78 Å². The average molecular weight is 272 g/mol. The van der Waals surface area contributed by atoms with Crippen molar-refractivity contribution in [1.29, 1.82) is 0 Å². The highest BCUT2D eigenvalue weighted by molar-refractivity contribution is 5.86. The Morgan fingerprint density at radius 1 is 1.16 bits per heavy atom. The summed E-state index contributed by atoms with van der Waals surface area (Å²) in [5.41, 5.74) is -1.13. The highest BCUT2D eigenvalue weighted by atomic mass is 16.5. The van der Waals surface area contributed by atoms with Crippen molar-refractivity contribution in [2.45, 2.75) is 97.4 Å². The fraction of sp³-hybridized carbons (Fsp3) is 0.938. The summed E-state index contributed by atoms with van der Waals surface area (Å²) in [6.07, 6.45) is 6.67.